The summed E-state index contributed by atoms with van der Waals surface area (Å²) in [7, 11) is 0. The molecule has 2 aromatic heterocycles. The lowest BCUT2D eigenvalue weighted by molar-refractivity contribution is 0.00628. The maximum absolute atomic E-state index is 8.55. The van der Waals surface area contributed by atoms with Crippen molar-refractivity contribution in [3.63, 3.8) is 0 Å². The third kappa shape index (κ3) is 9.02. The molecule has 0 atom stereocenters. The van der Waals surface area contributed by atoms with Crippen LogP contribution < -0.4 is 5.32 Å². The molecule has 0 unspecified atom stereocenters. The van der Waals surface area contributed by atoms with Gasteiger partial charge in [0.25, 0.3) is 0 Å². The van der Waals surface area contributed by atoms with Gasteiger partial charge in [-0.3, -0.25) is 4.68 Å². The van der Waals surface area contributed by atoms with E-state index in [-0.39, 0.29) is 6.61 Å². The molecule has 152 valence electrons. The standard InChI is InChI=1S/C16H29N7O4/c1-2-22-13-15(18-20-22)11-17-12-16-14-23(21-19-16)3-5-25-7-9-27-10-8-26-6-4-24/h13-14,17,24H,2-12H2,1H3. The Morgan fingerprint density at radius 3 is 2.00 bits per heavy atom. The predicted octanol–water partition coefficient (Wildman–Crippen LogP) is -0.779. The fourth-order valence-corrected chi connectivity index (χ4v) is 2.19. The fourth-order valence-electron chi connectivity index (χ4n) is 2.19. The Morgan fingerprint density at radius 2 is 1.41 bits per heavy atom. The van der Waals surface area contributed by atoms with E-state index in [9.17, 15) is 0 Å². The van der Waals surface area contributed by atoms with E-state index < -0.39 is 0 Å². The van der Waals surface area contributed by atoms with E-state index in [0.29, 0.717) is 59.3 Å². The van der Waals surface area contributed by atoms with Crippen molar-refractivity contribution < 1.29 is 19.3 Å². The minimum absolute atomic E-state index is 0.0327. The van der Waals surface area contributed by atoms with Gasteiger partial charge in [-0.2, -0.15) is 0 Å². The monoisotopic (exact) mass is 383 g/mol. The Balaban J connectivity index is 1.48. The van der Waals surface area contributed by atoms with Crippen molar-refractivity contribution in [2.24, 2.45) is 0 Å². The molecule has 11 nitrogen and oxygen atoms in total. The molecule has 0 amide bonds. The molecular weight excluding hydrogens is 354 g/mol. The first kappa shape index (κ1) is 21.4. The van der Waals surface area contributed by atoms with Crippen LogP contribution in [0.4, 0.5) is 0 Å². The molecule has 0 aliphatic rings. The number of nitrogens with one attached hydrogen (secondary N) is 1. The first-order valence-corrected chi connectivity index (χ1v) is 9.14. The molecular formula is C16H29N7O4. The smallest absolute Gasteiger partial charge is 0.0964 e. The summed E-state index contributed by atoms with van der Waals surface area (Å²) in [5.74, 6) is 0. The summed E-state index contributed by atoms with van der Waals surface area (Å²) in [4.78, 5) is 0. The van der Waals surface area contributed by atoms with Gasteiger partial charge in [-0.1, -0.05) is 10.4 Å². The van der Waals surface area contributed by atoms with Crippen LogP contribution in [0.2, 0.25) is 0 Å². The Hall–Kier alpha value is -1.92. The Morgan fingerprint density at radius 1 is 0.852 bits per heavy atom. The van der Waals surface area contributed by atoms with Crippen LogP contribution in [-0.4, -0.2) is 81.3 Å². The van der Waals surface area contributed by atoms with Gasteiger partial charge in [0.05, 0.1) is 64.2 Å². The first-order valence-electron chi connectivity index (χ1n) is 9.14. The second kappa shape index (κ2) is 13.3. The van der Waals surface area contributed by atoms with Crippen LogP contribution in [0.15, 0.2) is 12.4 Å². The van der Waals surface area contributed by atoms with Crippen LogP contribution in [0.5, 0.6) is 0 Å². The van der Waals surface area contributed by atoms with Crippen LogP contribution in [0.3, 0.4) is 0 Å². The van der Waals surface area contributed by atoms with Crippen molar-refractivity contribution in [1.82, 2.24) is 35.3 Å². The molecule has 2 N–H and O–H groups in total. The highest BCUT2D eigenvalue weighted by Crippen LogP contribution is 1.96. The topological polar surface area (TPSA) is 121 Å². The fraction of sp³-hybridized carbons (Fsp3) is 0.750. The lowest BCUT2D eigenvalue weighted by atomic mass is 10.4. The Bertz CT molecular complexity index is 619. The lowest BCUT2D eigenvalue weighted by Gasteiger charge is -2.06. The second-order valence-corrected chi connectivity index (χ2v) is 5.70. The van der Waals surface area contributed by atoms with E-state index >= 15 is 0 Å². The van der Waals surface area contributed by atoms with Crippen molar-refractivity contribution in [2.45, 2.75) is 33.1 Å². The van der Waals surface area contributed by atoms with E-state index in [0.717, 1.165) is 17.9 Å². The molecule has 0 bridgehead atoms. The molecule has 0 radical (unpaired) electrons. The molecule has 2 aromatic rings. The van der Waals surface area contributed by atoms with Crippen LogP contribution in [0.1, 0.15) is 18.3 Å². The maximum atomic E-state index is 8.55. The van der Waals surface area contributed by atoms with Crippen LogP contribution in [0.25, 0.3) is 0 Å². The van der Waals surface area contributed by atoms with E-state index in [1.807, 2.05) is 19.3 Å². The highest BCUT2D eigenvalue weighted by Gasteiger charge is 2.03. The summed E-state index contributed by atoms with van der Waals surface area (Å²) in [6, 6.07) is 0. The molecule has 2 rings (SSSR count). The minimum atomic E-state index is 0.0327. The molecule has 0 saturated heterocycles. The van der Waals surface area contributed by atoms with Crippen molar-refractivity contribution in [3.05, 3.63) is 23.8 Å². The summed E-state index contributed by atoms with van der Waals surface area (Å²) in [6.45, 7) is 7.65. The van der Waals surface area contributed by atoms with Gasteiger partial charge in [-0.05, 0) is 6.92 Å². The molecule has 0 aliphatic heterocycles. The van der Waals surface area contributed by atoms with Gasteiger partial charge in [0.1, 0.15) is 0 Å². The van der Waals surface area contributed by atoms with Gasteiger partial charge < -0.3 is 24.6 Å². The number of aromatic nitrogens is 6. The highest BCUT2D eigenvalue weighted by molar-refractivity contribution is 4.95. The number of hydrogen-bond acceptors (Lipinski definition) is 9. The van der Waals surface area contributed by atoms with Crippen molar-refractivity contribution in [2.75, 3.05) is 46.2 Å². The summed E-state index contributed by atoms with van der Waals surface area (Å²) in [5.41, 5.74) is 1.77. The highest BCUT2D eigenvalue weighted by atomic mass is 16.5. The molecule has 27 heavy (non-hydrogen) atoms. The number of hydrogen-bond donors (Lipinski definition) is 2. The second-order valence-electron chi connectivity index (χ2n) is 5.70. The van der Waals surface area contributed by atoms with Crippen molar-refractivity contribution >= 4 is 0 Å². The molecule has 0 aromatic carbocycles. The SMILES string of the molecule is CCn1cc(CNCc2cn(CCOCCOCCOCCO)nn2)nn1. The van der Waals surface area contributed by atoms with Crippen molar-refractivity contribution in [1.29, 1.82) is 0 Å². The molecule has 0 saturated carbocycles. The maximum Gasteiger partial charge on any atom is 0.0964 e. The predicted molar refractivity (Wildman–Crippen MR) is 95.8 cm³/mol. The van der Waals surface area contributed by atoms with Crippen LogP contribution in [-0.2, 0) is 40.4 Å². The molecule has 0 spiro atoms. The number of aliphatic hydroxyl groups excluding tert-OH is 1. The lowest BCUT2D eigenvalue weighted by Crippen LogP contribution is -2.13. The minimum Gasteiger partial charge on any atom is -0.394 e. The molecule has 0 aliphatic carbocycles. The van der Waals surface area contributed by atoms with E-state index in [1.165, 1.54) is 0 Å². The van der Waals surface area contributed by atoms with Crippen LogP contribution in [0, 0.1) is 0 Å². The summed E-state index contributed by atoms with van der Waals surface area (Å²) in [5, 5.41) is 28.1. The third-order valence-electron chi connectivity index (χ3n) is 3.55. The van der Waals surface area contributed by atoms with E-state index in [2.05, 4.69) is 25.9 Å². The van der Waals surface area contributed by atoms with Gasteiger partial charge in [0, 0.05) is 32.0 Å². The van der Waals surface area contributed by atoms with Gasteiger partial charge in [0.15, 0.2) is 0 Å². The number of rotatable bonds is 16. The summed E-state index contributed by atoms with van der Waals surface area (Å²) < 4.78 is 19.5. The average molecular weight is 383 g/mol. The zero-order valence-corrected chi connectivity index (χ0v) is 15.8. The number of nitrogens with zero attached hydrogens (tertiary/aromatic N) is 6. The average Bonchev–Trinajstić information content (AvgIpc) is 3.33. The molecule has 2 heterocycles. The summed E-state index contributed by atoms with van der Waals surface area (Å²) >= 11 is 0. The van der Waals surface area contributed by atoms with E-state index in [4.69, 9.17) is 19.3 Å². The number of ether oxygens (including phenoxy) is 3. The number of aliphatic hydroxyl groups is 1. The summed E-state index contributed by atoms with van der Waals surface area (Å²) in [6.07, 6.45) is 3.82. The molecule has 0 fully saturated rings. The quantitative estimate of drug-likeness (QED) is 0.360. The van der Waals surface area contributed by atoms with Gasteiger partial charge in [-0.15, -0.1) is 10.2 Å². The Kier molecular flexibility index (Phi) is 10.5. The van der Waals surface area contributed by atoms with Gasteiger partial charge in [0.2, 0.25) is 0 Å². The number of aryl methyl sites for hydroxylation is 1. The van der Waals surface area contributed by atoms with Crippen molar-refractivity contribution in [3.8, 4) is 0 Å². The molecule has 11 heteroatoms. The zero-order valence-electron chi connectivity index (χ0n) is 15.8. The third-order valence-corrected chi connectivity index (χ3v) is 3.55. The van der Waals surface area contributed by atoms with Crippen LogP contribution >= 0.6 is 0 Å². The first-order chi connectivity index (χ1) is 13.3. The van der Waals surface area contributed by atoms with Gasteiger partial charge in [-0.25, -0.2) is 4.68 Å². The van der Waals surface area contributed by atoms with E-state index in [1.54, 1.807) is 9.36 Å². The normalized spacial score (nSPS) is 11.3. The zero-order chi connectivity index (χ0) is 19.2. The Labute approximate surface area is 158 Å². The van der Waals surface area contributed by atoms with Gasteiger partial charge >= 0.3 is 0 Å². The largest absolute Gasteiger partial charge is 0.394 e.